The summed E-state index contributed by atoms with van der Waals surface area (Å²) in [6.07, 6.45) is 11.7. The SMILES string of the molecule is CC(C)(C)NCc1ccncc1OC1CCCCCC1. The lowest BCUT2D eigenvalue weighted by Gasteiger charge is -2.23. The summed E-state index contributed by atoms with van der Waals surface area (Å²) in [5.74, 6) is 0.955. The lowest BCUT2D eigenvalue weighted by atomic mass is 10.1. The zero-order chi connectivity index (χ0) is 14.4. The van der Waals surface area contributed by atoms with Crippen LogP contribution in [-0.4, -0.2) is 16.6 Å². The van der Waals surface area contributed by atoms with Gasteiger partial charge in [0.2, 0.25) is 0 Å². The van der Waals surface area contributed by atoms with Crippen molar-refractivity contribution in [3.63, 3.8) is 0 Å². The molecule has 1 aromatic heterocycles. The number of hydrogen-bond acceptors (Lipinski definition) is 3. The van der Waals surface area contributed by atoms with Gasteiger partial charge in [-0.05, 0) is 52.5 Å². The highest BCUT2D eigenvalue weighted by molar-refractivity contribution is 5.30. The molecule has 1 aliphatic carbocycles. The molecule has 2 rings (SSSR count). The van der Waals surface area contributed by atoms with Crippen molar-refractivity contribution in [2.45, 2.75) is 77.5 Å². The van der Waals surface area contributed by atoms with E-state index in [-0.39, 0.29) is 5.54 Å². The Labute approximate surface area is 123 Å². The minimum absolute atomic E-state index is 0.114. The zero-order valence-electron chi connectivity index (χ0n) is 13.1. The molecule has 1 heterocycles. The molecular weight excluding hydrogens is 248 g/mol. The smallest absolute Gasteiger partial charge is 0.142 e. The molecule has 0 aromatic carbocycles. The van der Waals surface area contributed by atoms with E-state index in [9.17, 15) is 0 Å². The van der Waals surface area contributed by atoms with Crippen LogP contribution in [0.5, 0.6) is 5.75 Å². The summed E-state index contributed by atoms with van der Waals surface area (Å²) in [5.41, 5.74) is 1.32. The van der Waals surface area contributed by atoms with Crippen LogP contribution in [0.25, 0.3) is 0 Å². The predicted molar refractivity (Wildman–Crippen MR) is 82.9 cm³/mol. The van der Waals surface area contributed by atoms with Crippen molar-refractivity contribution in [3.05, 3.63) is 24.0 Å². The van der Waals surface area contributed by atoms with E-state index in [1.807, 2.05) is 12.4 Å². The van der Waals surface area contributed by atoms with Crippen molar-refractivity contribution in [2.75, 3.05) is 0 Å². The third kappa shape index (κ3) is 5.12. The van der Waals surface area contributed by atoms with Crippen molar-refractivity contribution in [3.8, 4) is 5.75 Å². The van der Waals surface area contributed by atoms with E-state index < -0.39 is 0 Å². The van der Waals surface area contributed by atoms with Crippen LogP contribution in [0.2, 0.25) is 0 Å². The minimum atomic E-state index is 0.114. The highest BCUT2D eigenvalue weighted by Crippen LogP contribution is 2.25. The quantitative estimate of drug-likeness (QED) is 0.842. The number of aromatic nitrogens is 1. The van der Waals surface area contributed by atoms with E-state index in [2.05, 4.69) is 37.1 Å². The molecule has 0 aliphatic heterocycles. The molecule has 112 valence electrons. The van der Waals surface area contributed by atoms with Crippen LogP contribution in [0.4, 0.5) is 0 Å². The molecule has 0 saturated heterocycles. The first kappa shape index (κ1) is 15.3. The second-order valence-corrected chi connectivity index (χ2v) is 6.82. The summed E-state index contributed by atoms with van der Waals surface area (Å²) < 4.78 is 6.23. The topological polar surface area (TPSA) is 34.2 Å². The number of hydrogen-bond donors (Lipinski definition) is 1. The fourth-order valence-electron chi connectivity index (χ4n) is 2.56. The number of ether oxygens (including phenoxy) is 1. The van der Waals surface area contributed by atoms with Crippen LogP contribution >= 0.6 is 0 Å². The molecule has 0 atom stereocenters. The van der Waals surface area contributed by atoms with Crippen molar-refractivity contribution in [1.82, 2.24) is 10.3 Å². The van der Waals surface area contributed by atoms with Gasteiger partial charge in [0, 0.05) is 23.8 Å². The molecule has 0 spiro atoms. The first-order valence-corrected chi connectivity index (χ1v) is 7.89. The first-order valence-electron chi connectivity index (χ1n) is 7.89. The molecule has 1 aliphatic rings. The molecule has 0 bridgehead atoms. The number of nitrogens with one attached hydrogen (secondary N) is 1. The van der Waals surface area contributed by atoms with E-state index >= 15 is 0 Å². The number of nitrogens with zero attached hydrogens (tertiary/aromatic N) is 1. The maximum absolute atomic E-state index is 6.23. The van der Waals surface area contributed by atoms with Gasteiger partial charge < -0.3 is 10.1 Å². The summed E-state index contributed by atoms with van der Waals surface area (Å²) in [6.45, 7) is 7.37. The Balaban J connectivity index is 1.99. The van der Waals surface area contributed by atoms with Gasteiger partial charge in [0.15, 0.2) is 0 Å². The molecule has 0 radical (unpaired) electrons. The second-order valence-electron chi connectivity index (χ2n) is 6.82. The fourth-order valence-corrected chi connectivity index (χ4v) is 2.56. The number of rotatable bonds is 4. The van der Waals surface area contributed by atoms with Gasteiger partial charge in [-0.3, -0.25) is 4.98 Å². The summed E-state index contributed by atoms with van der Waals surface area (Å²) in [6, 6.07) is 2.06. The normalized spacial score (nSPS) is 17.8. The zero-order valence-corrected chi connectivity index (χ0v) is 13.1. The second kappa shape index (κ2) is 7.07. The standard InChI is InChI=1S/C17H28N2O/c1-17(2,3)19-12-14-10-11-18-13-16(14)20-15-8-6-4-5-7-9-15/h10-11,13,15,19H,4-9,12H2,1-3H3. The van der Waals surface area contributed by atoms with Crippen LogP contribution in [0.15, 0.2) is 18.5 Å². The maximum Gasteiger partial charge on any atom is 0.142 e. The van der Waals surface area contributed by atoms with Crippen LogP contribution in [0.3, 0.4) is 0 Å². The van der Waals surface area contributed by atoms with E-state index in [0.29, 0.717) is 6.10 Å². The third-order valence-corrected chi connectivity index (χ3v) is 3.78. The molecular formula is C17H28N2O. The Morgan fingerprint density at radius 3 is 2.55 bits per heavy atom. The molecule has 0 unspecified atom stereocenters. The summed E-state index contributed by atoms with van der Waals surface area (Å²) in [5, 5.41) is 3.52. The minimum Gasteiger partial charge on any atom is -0.488 e. The van der Waals surface area contributed by atoms with Crippen molar-refractivity contribution in [1.29, 1.82) is 0 Å². The summed E-state index contributed by atoms with van der Waals surface area (Å²) >= 11 is 0. The molecule has 3 heteroatoms. The maximum atomic E-state index is 6.23. The van der Waals surface area contributed by atoms with Gasteiger partial charge in [-0.2, -0.15) is 0 Å². The average molecular weight is 276 g/mol. The molecule has 1 saturated carbocycles. The summed E-state index contributed by atoms with van der Waals surface area (Å²) in [4.78, 5) is 4.23. The van der Waals surface area contributed by atoms with Gasteiger partial charge in [-0.25, -0.2) is 0 Å². The molecule has 1 aromatic rings. The average Bonchev–Trinajstić information content (AvgIpc) is 2.65. The van der Waals surface area contributed by atoms with Crippen molar-refractivity contribution >= 4 is 0 Å². The first-order chi connectivity index (χ1) is 9.54. The molecule has 1 fully saturated rings. The van der Waals surface area contributed by atoms with E-state index in [1.54, 1.807) is 0 Å². The predicted octanol–water partition coefficient (Wildman–Crippen LogP) is 4.07. The molecule has 1 N–H and O–H groups in total. The summed E-state index contributed by atoms with van der Waals surface area (Å²) in [7, 11) is 0. The van der Waals surface area contributed by atoms with Gasteiger partial charge >= 0.3 is 0 Å². The van der Waals surface area contributed by atoms with Gasteiger partial charge in [0.1, 0.15) is 5.75 Å². The lowest BCUT2D eigenvalue weighted by Crippen LogP contribution is -2.35. The molecule has 3 nitrogen and oxygen atoms in total. The third-order valence-electron chi connectivity index (χ3n) is 3.78. The largest absolute Gasteiger partial charge is 0.488 e. The Bertz CT molecular complexity index is 404. The van der Waals surface area contributed by atoms with E-state index in [1.165, 1.54) is 44.1 Å². The van der Waals surface area contributed by atoms with Crippen LogP contribution < -0.4 is 10.1 Å². The highest BCUT2D eigenvalue weighted by Gasteiger charge is 2.16. The Morgan fingerprint density at radius 1 is 1.20 bits per heavy atom. The van der Waals surface area contributed by atoms with Gasteiger partial charge in [-0.15, -0.1) is 0 Å². The Kier molecular flexibility index (Phi) is 5.41. The van der Waals surface area contributed by atoms with Crippen LogP contribution in [-0.2, 0) is 6.54 Å². The van der Waals surface area contributed by atoms with Crippen LogP contribution in [0, 0.1) is 0 Å². The van der Waals surface area contributed by atoms with Crippen molar-refractivity contribution < 1.29 is 4.74 Å². The molecule has 20 heavy (non-hydrogen) atoms. The fraction of sp³-hybridized carbons (Fsp3) is 0.706. The monoisotopic (exact) mass is 276 g/mol. The van der Waals surface area contributed by atoms with Crippen molar-refractivity contribution in [2.24, 2.45) is 0 Å². The lowest BCUT2D eigenvalue weighted by molar-refractivity contribution is 0.180. The number of pyridine rings is 1. The Hall–Kier alpha value is -1.09. The van der Waals surface area contributed by atoms with Crippen LogP contribution in [0.1, 0.15) is 64.9 Å². The van der Waals surface area contributed by atoms with E-state index in [4.69, 9.17) is 4.74 Å². The van der Waals surface area contributed by atoms with Gasteiger partial charge in [0.25, 0.3) is 0 Å². The Morgan fingerprint density at radius 2 is 1.90 bits per heavy atom. The molecule has 0 amide bonds. The van der Waals surface area contributed by atoms with Gasteiger partial charge in [0.05, 0.1) is 12.3 Å². The van der Waals surface area contributed by atoms with Gasteiger partial charge in [-0.1, -0.05) is 12.8 Å². The van der Waals surface area contributed by atoms with E-state index in [0.717, 1.165) is 12.3 Å². The highest BCUT2D eigenvalue weighted by atomic mass is 16.5.